The maximum absolute atomic E-state index is 7.52. The van der Waals surface area contributed by atoms with Crippen LogP contribution in [-0.2, 0) is 0 Å². The van der Waals surface area contributed by atoms with Crippen molar-refractivity contribution < 1.29 is 29.4 Å². The van der Waals surface area contributed by atoms with Gasteiger partial charge in [-0.3, -0.25) is 0 Å². The van der Waals surface area contributed by atoms with Crippen molar-refractivity contribution in [2.45, 2.75) is 0 Å². The Labute approximate surface area is 52.6 Å². The molecule has 0 spiro atoms. The second-order valence-corrected chi connectivity index (χ2v) is 2.65. The molecule has 7 nitrogen and oxygen atoms in total. The molecular weight excluding hydrogens is 172 g/mol. The molecule has 0 fully saturated rings. The van der Waals surface area contributed by atoms with Crippen molar-refractivity contribution in [3.8, 4) is 0 Å². The molecule has 0 aromatic carbocycles. The van der Waals surface area contributed by atoms with Gasteiger partial charge in [0.05, 0.1) is 0 Å². The summed E-state index contributed by atoms with van der Waals surface area (Å²) in [6, 6.07) is 0. The molecule has 0 aliphatic carbocycles. The molecule has 0 aliphatic heterocycles. The van der Waals surface area contributed by atoms with Crippen LogP contribution in [0.1, 0.15) is 0 Å². The summed E-state index contributed by atoms with van der Waals surface area (Å²) in [5, 5.41) is 0. The molecule has 0 rings (SSSR count). The van der Waals surface area contributed by atoms with E-state index in [4.69, 9.17) is 29.4 Å². The monoisotopic (exact) mass is 180 g/mol. The maximum atomic E-state index is 7.52. The standard InChI is InChI=1S/H5NO3P.H3O3P/c1-5(2,3)4;1-4(2)3/h2-4H,1H2;1-3H/q+1;. The van der Waals surface area contributed by atoms with E-state index in [0.29, 0.717) is 0 Å². The van der Waals surface area contributed by atoms with E-state index in [1.54, 1.807) is 0 Å². The predicted octanol–water partition coefficient (Wildman–Crippen LogP) is -2.21. The average molecular weight is 180 g/mol. The first-order chi connectivity index (χ1) is 3.73. The van der Waals surface area contributed by atoms with Gasteiger partial charge in [0.15, 0.2) is 0 Å². The second kappa shape index (κ2) is 5.37. The van der Waals surface area contributed by atoms with Gasteiger partial charge >= 0.3 is 16.7 Å². The fourth-order valence-corrected chi connectivity index (χ4v) is 0. The molecule has 0 aromatic rings. The topological polar surface area (TPSA) is 147 Å². The van der Waals surface area contributed by atoms with E-state index in [-0.39, 0.29) is 0 Å². The van der Waals surface area contributed by atoms with E-state index < -0.39 is 16.7 Å². The van der Waals surface area contributed by atoms with Crippen molar-refractivity contribution >= 4 is 16.7 Å². The van der Waals surface area contributed by atoms with Crippen LogP contribution >= 0.6 is 16.7 Å². The highest BCUT2D eigenvalue weighted by molar-refractivity contribution is 7.55. The normalized spacial score (nSPS) is 10.7. The van der Waals surface area contributed by atoms with Crippen LogP contribution in [0.5, 0.6) is 0 Å². The lowest BCUT2D eigenvalue weighted by molar-refractivity contribution is 0.332. The third-order valence-electron chi connectivity index (χ3n) is 0. The molecule has 0 aromatic heterocycles. The van der Waals surface area contributed by atoms with Crippen molar-refractivity contribution in [2.24, 2.45) is 5.50 Å². The molecule has 9 heavy (non-hydrogen) atoms. The fourth-order valence-electron chi connectivity index (χ4n) is 0. The van der Waals surface area contributed by atoms with Crippen molar-refractivity contribution in [3.05, 3.63) is 0 Å². The molecule has 0 saturated heterocycles. The van der Waals surface area contributed by atoms with E-state index in [9.17, 15) is 0 Å². The maximum Gasteiger partial charge on any atom is 0.491 e. The van der Waals surface area contributed by atoms with Crippen LogP contribution in [0, 0.1) is 0 Å². The van der Waals surface area contributed by atoms with E-state index in [2.05, 4.69) is 5.50 Å². The van der Waals surface area contributed by atoms with Gasteiger partial charge < -0.3 is 14.7 Å². The summed E-state index contributed by atoms with van der Waals surface area (Å²) in [4.78, 5) is 44.3. The Morgan fingerprint density at radius 2 is 1.00 bits per heavy atom. The molecule has 0 heterocycles. The lowest BCUT2D eigenvalue weighted by Crippen LogP contribution is -1.97. The Balaban J connectivity index is 0. The van der Waals surface area contributed by atoms with Gasteiger partial charge in [0.25, 0.3) is 0 Å². The zero-order valence-electron chi connectivity index (χ0n) is 4.16. The Hall–Kier alpha value is 0.580. The van der Waals surface area contributed by atoms with Crippen LogP contribution in [0.4, 0.5) is 0 Å². The molecule has 0 aliphatic rings. The summed E-state index contributed by atoms with van der Waals surface area (Å²) in [6.45, 7) is 0. The van der Waals surface area contributed by atoms with Crippen molar-refractivity contribution in [2.75, 3.05) is 0 Å². The molecule has 58 valence electrons. The second-order valence-electron chi connectivity index (χ2n) is 0.883. The summed E-state index contributed by atoms with van der Waals surface area (Å²) in [5.74, 6) is 0. The quantitative estimate of drug-likeness (QED) is 0.209. The molecular formula is H8NO6P2+. The molecule has 0 unspecified atom stereocenters. The third-order valence-corrected chi connectivity index (χ3v) is 0. The minimum absolute atomic E-state index is 2.62. The van der Waals surface area contributed by atoms with E-state index in [1.165, 1.54) is 0 Å². The van der Waals surface area contributed by atoms with Gasteiger partial charge in [-0.25, -0.2) is 0 Å². The van der Waals surface area contributed by atoms with Crippen LogP contribution in [0.3, 0.4) is 0 Å². The lowest BCUT2D eigenvalue weighted by Gasteiger charge is -1.86. The highest BCUT2D eigenvalue weighted by atomic mass is 31.2. The Bertz CT molecular complexity index is 47.8. The molecule has 0 saturated carbocycles. The zero-order valence-corrected chi connectivity index (χ0v) is 5.94. The SMILES string of the molecule is N[P+](O)(O)O.OP(O)O. The first kappa shape index (κ1) is 12.3. The smallest absolute Gasteiger partial charge is 0.328 e. The largest absolute Gasteiger partial charge is 0.491 e. The van der Waals surface area contributed by atoms with Crippen LogP contribution in [0.25, 0.3) is 0 Å². The molecule has 0 atom stereocenters. The van der Waals surface area contributed by atoms with Gasteiger partial charge in [-0.1, -0.05) is 0 Å². The summed E-state index contributed by atoms with van der Waals surface area (Å²) in [7, 11) is -6.51. The van der Waals surface area contributed by atoms with E-state index in [1.807, 2.05) is 0 Å². The number of hydrogen-bond acceptors (Lipinski definition) is 7. The van der Waals surface area contributed by atoms with Gasteiger partial charge in [-0.2, -0.15) is 14.7 Å². The number of rotatable bonds is 0. The molecule has 9 heteroatoms. The first-order valence-corrected chi connectivity index (χ1v) is 4.37. The molecule has 0 bridgehead atoms. The van der Waals surface area contributed by atoms with E-state index in [0.717, 1.165) is 0 Å². The zero-order chi connectivity index (χ0) is 8.08. The first-order valence-electron chi connectivity index (χ1n) is 1.46. The lowest BCUT2D eigenvalue weighted by atomic mass is 13.9. The van der Waals surface area contributed by atoms with Gasteiger partial charge in [0.1, 0.15) is 0 Å². The van der Waals surface area contributed by atoms with Gasteiger partial charge in [-0.15, -0.1) is 5.50 Å². The summed E-state index contributed by atoms with van der Waals surface area (Å²) in [6.07, 6.45) is 0. The van der Waals surface area contributed by atoms with Gasteiger partial charge in [0.2, 0.25) is 0 Å². The van der Waals surface area contributed by atoms with Crippen molar-refractivity contribution in [1.29, 1.82) is 0 Å². The fraction of sp³-hybridized carbons (Fsp3) is 0. The molecule has 0 radical (unpaired) electrons. The Morgan fingerprint density at radius 1 is 1.00 bits per heavy atom. The van der Waals surface area contributed by atoms with Crippen molar-refractivity contribution in [1.82, 2.24) is 0 Å². The highest BCUT2D eigenvalue weighted by Crippen LogP contribution is 2.31. The van der Waals surface area contributed by atoms with Crippen LogP contribution in [-0.4, -0.2) is 29.4 Å². The van der Waals surface area contributed by atoms with Crippen molar-refractivity contribution in [3.63, 3.8) is 0 Å². The highest BCUT2D eigenvalue weighted by Gasteiger charge is 2.19. The molecule has 8 N–H and O–H groups in total. The number of nitrogens with two attached hydrogens (primary N) is 1. The van der Waals surface area contributed by atoms with Crippen LogP contribution in [0.2, 0.25) is 0 Å². The van der Waals surface area contributed by atoms with Crippen LogP contribution < -0.4 is 5.50 Å². The van der Waals surface area contributed by atoms with Gasteiger partial charge in [-0.05, 0) is 0 Å². The average Bonchev–Trinajstić information content (AvgIpc) is 1.19. The minimum Gasteiger partial charge on any atom is -0.328 e. The Kier molecular flexibility index (Phi) is 7.33. The molecule has 0 amide bonds. The predicted molar refractivity (Wildman–Crippen MR) is 31.3 cm³/mol. The van der Waals surface area contributed by atoms with E-state index >= 15 is 0 Å². The number of hydrogen-bond donors (Lipinski definition) is 7. The minimum atomic E-state index is -3.89. The van der Waals surface area contributed by atoms with Gasteiger partial charge in [0, 0.05) is 0 Å². The summed E-state index contributed by atoms with van der Waals surface area (Å²) >= 11 is 0. The summed E-state index contributed by atoms with van der Waals surface area (Å²) < 4.78 is 0. The third kappa shape index (κ3) is 1100. The summed E-state index contributed by atoms with van der Waals surface area (Å²) in [5.41, 5.74) is 4.13. The van der Waals surface area contributed by atoms with Crippen LogP contribution in [0.15, 0.2) is 0 Å². The Morgan fingerprint density at radius 3 is 1.00 bits per heavy atom.